The maximum Gasteiger partial charge on any atom is 0.307 e. The summed E-state index contributed by atoms with van der Waals surface area (Å²) in [6.45, 7) is 5.38. The summed E-state index contributed by atoms with van der Waals surface area (Å²) >= 11 is 0. The number of carbonyl (C=O) groups is 1. The molecule has 0 radical (unpaired) electrons. The van der Waals surface area contributed by atoms with Crippen LogP contribution in [0.4, 0.5) is 0 Å². The standard InChI is InChI=1S/C12H23NO2/c1-3-15-12(14)8-9-13-11-7-5-4-6-10(11)2/h10-11,13H,3-9H2,1-2H3/t10-,11-/m1/s1. The monoisotopic (exact) mass is 213 g/mol. The summed E-state index contributed by atoms with van der Waals surface area (Å²) in [4.78, 5) is 11.1. The molecule has 1 saturated carbocycles. The zero-order valence-electron chi connectivity index (χ0n) is 9.92. The molecule has 2 atom stereocenters. The normalized spacial score (nSPS) is 26.3. The van der Waals surface area contributed by atoms with Gasteiger partial charge in [-0.3, -0.25) is 4.79 Å². The molecule has 1 fully saturated rings. The molecular weight excluding hydrogens is 190 g/mol. The maximum absolute atomic E-state index is 11.1. The Balaban J connectivity index is 2.10. The quantitative estimate of drug-likeness (QED) is 0.711. The highest BCUT2D eigenvalue weighted by molar-refractivity contribution is 5.69. The Hall–Kier alpha value is -0.570. The first-order valence-corrected chi connectivity index (χ1v) is 6.13. The number of hydrogen-bond donors (Lipinski definition) is 1. The van der Waals surface area contributed by atoms with Crippen LogP contribution < -0.4 is 5.32 Å². The van der Waals surface area contributed by atoms with E-state index in [4.69, 9.17) is 4.74 Å². The van der Waals surface area contributed by atoms with Crippen molar-refractivity contribution in [1.29, 1.82) is 0 Å². The van der Waals surface area contributed by atoms with Crippen LogP contribution in [0, 0.1) is 5.92 Å². The molecule has 0 aromatic rings. The van der Waals surface area contributed by atoms with Gasteiger partial charge in [-0.25, -0.2) is 0 Å². The van der Waals surface area contributed by atoms with Crippen LogP contribution in [-0.4, -0.2) is 25.2 Å². The summed E-state index contributed by atoms with van der Waals surface area (Å²) in [6.07, 6.45) is 5.75. The summed E-state index contributed by atoms with van der Waals surface area (Å²) < 4.78 is 4.88. The first kappa shape index (κ1) is 12.5. The van der Waals surface area contributed by atoms with Gasteiger partial charge in [-0.2, -0.15) is 0 Å². The maximum atomic E-state index is 11.1. The summed E-state index contributed by atoms with van der Waals surface area (Å²) in [5, 5.41) is 3.46. The molecule has 3 heteroatoms. The van der Waals surface area contributed by atoms with E-state index in [1.54, 1.807) is 0 Å². The van der Waals surface area contributed by atoms with Crippen molar-refractivity contribution in [3.05, 3.63) is 0 Å². The van der Waals surface area contributed by atoms with Crippen LogP contribution in [0.5, 0.6) is 0 Å². The van der Waals surface area contributed by atoms with Crippen molar-refractivity contribution in [2.24, 2.45) is 5.92 Å². The largest absolute Gasteiger partial charge is 0.466 e. The van der Waals surface area contributed by atoms with Crippen molar-refractivity contribution in [2.45, 2.75) is 52.0 Å². The zero-order chi connectivity index (χ0) is 11.1. The van der Waals surface area contributed by atoms with Crippen molar-refractivity contribution >= 4 is 5.97 Å². The molecule has 15 heavy (non-hydrogen) atoms. The molecule has 1 aliphatic rings. The van der Waals surface area contributed by atoms with Crippen LogP contribution in [0.15, 0.2) is 0 Å². The van der Waals surface area contributed by atoms with Gasteiger partial charge in [-0.05, 0) is 25.7 Å². The molecule has 1 aliphatic carbocycles. The highest BCUT2D eigenvalue weighted by Gasteiger charge is 2.20. The summed E-state index contributed by atoms with van der Waals surface area (Å²) in [6, 6.07) is 0.605. The van der Waals surface area contributed by atoms with E-state index in [1.165, 1.54) is 25.7 Å². The second kappa shape index (κ2) is 6.83. The minimum absolute atomic E-state index is 0.0894. The number of hydrogen-bond acceptors (Lipinski definition) is 3. The first-order valence-electron chi connectivity index (χ1n) is 6.13. The van der Waals surface area contributed by atoms with Crippen LogP contribution >= 0.6 is 0 Å². The van der Waals surface area contributed by atoms with Gasteiger partial charge in [0.15, 0.2) is 0 Å². The van der Waals surface area contributed by atoms with Gasteiger partial charge in [0.1, 0.15) is 0 Å². The van der Waals surface area contributed by atoms with Crippen molar-refractivity contribution in [2.75, 3.05) is 13.2 Å². The predicted molar refractivity (Wildman–Crippen MR) is 60.7 cm³/mol. The Kier molecular flexibility index (Phi) is 5.69. The molecule has 0 aromatic carbocycles. The third kappa shape index (κ3) is 4.65. The first-order chi connectivity index (χ1) is 7.24. The van der Waals surface area contributed by atoms with Gasteiger partial charge < -0.3 is 10.1 Å². The molecule has 0 saturated heterocycles. The number of carbonyl (C=O) groups excluding carboxylic acids is 1. The molecule has 1 rings (SSSR count). The van der Waals surface area contributed by atoms with E-state index in [9.17, 15) is 4.79 Å². The fourth-order valence-corrected chi connectivity index (χ4v) is 2.21. The predicted octanol–water partition coefficient (Wildman–Crippen LogP) is 2.11. The molecule has 0 aromatic heterocycles. The molecule has 88 valence electrons. The van der Waals surface area contributed by atoms with Gasteiger partial charge in [-0.1, -0.05) is 19.8 Å². The number of nitrogens with one attached hydrogen (secondary N) is 1. The molecule has 0 unspecified atom stereocenters. The average molecular weight is 213 g/mol. The lowest BCUT2D eigenvalue weighted by atomic mass is 9.86. The third-order valence-corrected chi connectivity index (χ3v) is 3.15. The summed E-state index contributed by atoms with van der Waals surface area (Å²) in [7, 11) is 0. The van der Waals surface area contributed by atoms with Crippen molar-refractivity contribution in [1.82, 2.24) is 5.32 Å². The van der Waals surface area contributed by atoms with Crippen molar-refractivity contribution in [3.63, 3.8) is 0 Å². The fraction of sp³-hybridized carbons (Fsp3) is 0.917. The lowest BCUT2D eigenvalue weighted by molar-refractivity contribution is -0.143. The minimum Gasteiger partial charge on any atom is -0.466 e. The minimum atomic E-state index is -0.0894. The van der Waals surface area contributed by atoms with E-state index < -0.39 is 0 Å². The number of esters is 1. The topological polar surface area (TPSA) is 38.3 Å². The van der Waals surface area contributed by atoms with Crippen LogP contribution in [0.3, 0.4) is 0 Å². The van der Waals surface area contributed by atoms with Gasteiger partial charge in [0.25, 0.3) is 0 Å². The molecule has 0 bridgehead atoms. The summed E-state index contributed by atoms with van der Waals surface area (Å²) in [5.41, 5.74) is 0. The van der Waals surface area contributed by atoms with Crippen LogP contribution in [-0.2, 0) is 9.53 Å². The highest BCUT2D eigenvalue weighted by Crippen LogP contribution is 2.23. The second-order valence-corrected chi connectivity index (χ2v) is 4.38. The SMILES string of the molecule is CCOC(=O)CCN[C@@H]1CCCC[C@H]1C. The smallest absolute Gasteiger partial charge is 0.307 e. The van der Waals surface area contributed by atoms with E-state index in [0.29, 0.717) is 19.1 Å². The van der Waals surface area contributed by atoms with E-state index >= 15 is 0 Å². The summed E-state index contributed by atoms with van der Waals surface area (Å²) in [5.74, 6) is 0.661. The zero-order valence-corrected chi connectivity index (χ0v) is 9.92. The molecule has 0 spiro atoms. The number of rotatable bonds is 5. The van der Waals surface area contributed by atoms with Gasteiger partial charge in [0.2, 0.25) is 0 Å². The van der Waals surface area contributed by atoms with Crippen LogP contribution in [0.25, 0.3) is 0 Å². The lowest BCUT2D eigenvalue weighted by Gasteiger charge is -2.29. The molecular formula is C12H23NO2. The Morgan fingerprint density at radius 1 is 1.40 bits per heavy atom. The second-order valence-electron chi connectivity index (χ2n) is 4.38. The molecule has 0 aliphatic heterocycles. The van der Waals surface area contributed by atoms with Gasteiger partial charge >= 0.3 is 5.97 Å². The van der Waals surface area contributed by atoms with E-state index in [2.05, 4.69) is 12.2 Å². The Morgan fingerprint density at radius 3 is 2.80 bits per heavy atom. The van der Waals surface area contributed by atoms with Crippen molar-refractivity contribution in [3.8, 4) is 0 Å². The van der Waals surface area contributed by atoms with Gasteiger partial charge in [0, 0.05) is 12.6 Å². The van der Waals surface area contributed by atoms with Crippen LogP contribution in [0.2, 0.25) is 0 Å². The Morgan fingerprint density at radius 2 is 2.13 bits per heavy atom. The lowest BCUT2D eigenvalue weighted by Crippen LogP contribution is -2.38. The van der Waals surface area contributed by atoms with Gasteiger partial charge in [-0.15, -0.1) is 0 Å². The Bertz CT molecular complexity index is 194. The van der Waals surface area contributed by atoms with E-state index in [0.717, 1.165) is 12.5 Å². The molecule has 1 N–H and O–H groups in total. The molecule has 3 nitrogen and oxygen atoms in total. The third-order valence-electron chi connectivity index (χ3n) is 3.15. The molecule has 0 amide bonds. The highest BCUT2D eigenvalue weighted by atomic mass is 16.5. The number of ether oxygens (including phenoxy) is 1. The molecule has 0 heterocycles. The van der Waals surface area contributed by atoms with Crippen molar-refractivity contribution < 1.29 is 9.53 Å². The average Bonchev–Trinajstić information content (AvgIpc) is 2.21. The van der Waals surface area contributed by atoms with Gasteiger partial charge in [0.05, 0.1) is 13.0 Å². The fourth-order valence-electron chi connectivity index (χ4n) is 2.21. The van der Waals surface area contributed by atoms with E-state index in [1.807, 2.05) is 6.92 Å². The Labute approximate surface area is 92.6 Å². The van der Waals surface area contributed by atoms with E-state index in [-0.39, 0.29) is 5.97 Å². The van der Waals surface area contributed by atoms with Crippen LogP contribution in [0.1, 0.15) is 46.0 Å².